The highest BCUT2D eigenvalue weighted by atomic mass is 16.7. The van der Waals surface area contributed by atoms with Crippen LogP contribution in [0, 0.1) is 5.92 Å². The van der Waals surface area contributed by atoms with Crippen molar-refractivity contribution in [3.8, 4) is 0 Å². The van der Waals surface area contributed by atoms with Crippen LogP contribution in [-0.2, 0) is 14.4 Å². The maximum absolute atomic E-state index is 12.1. The van der Waals surface area contributed by atoms with Crippen molar-refractivity contribution in [1.82, 2.24) is 21.4 Å². The van der Waals surface area contributed by atoms with E-state index in [9.17, 15) is 24.3 Å². The molecule has 3 rings (SSSR count). The zero-order chi connectivity index (χ0) is 17.3. The van der Waals surface area contributed by atoms with Crippen LogP contribution < -0.4 is 26.7 Å². The summed E-state index contributed by atoms with van der Waals surface area (Å²) in [5.74, 6) is -3.13. The highest BCUT2D eigenvalue weighted by molar-refractivity contribution is 6.12. The van der Waals surface area contributed by atoms with Crippen molar-refractivity contribution in [1.29, 1.82) is 0 Å². The van der Waals surface area contributed by atoms with Crippen molar-refractivity contribution in [3.05, 3.63) is 29.8 Å². The molecule has 3 atom stereocenters. The lowest BCUT2D eigenvalue weighted by Gasteiger charge is -2.26. The van der Waals surface area contributed by atoms with Gasteiger partial charge in [0.25, 0.3) is 0 Å². The van der Waals surface area contributed by atoms with Crippen molar-refractivity contribution in [2.45, 2.75) is 12.4 Å². The predicted molar refractivity (Wildman–Crippen MR) is 76.7 cm³/mol. The maximum atomic E-state index is 12.1. The van der Waals surface area contributed by atoms with Crippen LogP contribution in [-0.4, -0.2) is 35.3 Å². The molecule has 0 aliphatic carbocycles. The van der Waals surface area contributed by atoms with E-state index in [-0.39, 0.29) is 0 Å². The van der Waals surface area contributed by atoms with E-state index in [4.69, 9.17) is 0 Å². The molecule has 0 aromatic heterocycles. The molecule has 0 bridgehead atoms. The number of rotatable bonds is 3. The zero-order valence-corrected chi connectivity index (χ0v) is 12.0. The minimum absolute atomic E-state index is 0.367. The lowest BCUT2D eigenvalue weighted by atomic mass is 10.0. The standard InChI is InChI=1S/C13H13N5O6/c19-9(7-10(20)16-12(22)17-11(7)21)14-6-3-1-5(2-4-6)8-15-13(23)24-18-8/h1-4,7-8,10,18,20H,(H,14,19)(H,15,23)(H2,16,17,21,22). The summed E-state index contributed by atoms with van der Waals surface area (Å²) < 4.78 is 0. The molecule has 5 amide bonds. The number of imide groups is 1. The Morgan fingerprint density at radius 1 is 1.12 bits per heavy atom. The Bertz CT molecular complexity index is 705. The molecule has 1 aromatic rings. The third-order valence-corrected chi connectivity index (χ3v) is 3.44. The van der Waals surface area contributed by atoms with Gasteiger partial charge >= 0.3 is 12.1 Å². The molecule has 2 saturated heterocycles. The summed E-state index contributed by atoms with van der Waals surface area (Å²) in [6, 6.07) is 5.48. The molecule has 6 N–H and O–H groups in total. The smallest absolute Gasteiger partial charge is 0.372 e. The Kier molecular flexibility index (Phi) is 4.02. The number of aliphatic hydroxyl groups is 1. The third-order valence-electron chi connectivity index (χ3n) is 3.44. The van der Waals surface area contributed by atoms with Gasteiger partial charge in [-0.1, -0.05) is 12.1 Å². The van der Waals surface area contributed by atoms with E-state index in [1.807, 2.05) is 10.6 Å². The minimum atomic E-state index is -1.61. The van der Waals surface area contributed by atoms with Gasteiger partial charge in [0.05, 0.1) is 0 Å². The Morgan fingerprint density at radius 3 is 2.42 bits per heavy atom. The van der Waals surface area contributed by atoms with Crippen LogP contribution in [0.5, 0.6) is 0 Å². The summed E-state index contributed by atoms with van der Waals surface area (Å²) in [4.78, 5) is 50.3. The molecule has 2 aliphatic heterocycles. The number of benzene rings is 1. The molecule has 2 heterocycles. The number of nitrogens with one attached hydrogen (secondary N) is 5. The second-order valence-corrected chi connectivity index (χ2v) is 5.08. The largest absolute Gasteiger partial charge is 0.427 e. The molecule has 1 aromatic carbocycles. The van der Waals surface area contributed by atoms with Crippen molar-refractivity contribution in [3.63, 3.8) is 0 Å². The van der Waals surface area contributed by atoms with Gasteiger partial charge in [0.1, 0.15) is 12.4 Å². The Balaban J connectivity index is 1.65. The topological polar surface area (TPSA) is 158 Å². The Labute approximate surface area is 134 Å². The summed E-state index contributed by atoms with van der Waals surface area (Å²) in [6.07, 6.45) is -2.72. The molecule has 11 nitrogen and oxygen atoms in total. The molecular formula is C13H13N5O6. The van der Waals surface area contributed by atoms with Gasteiger partial charge < -0.3 is 20.6 Å². The molecule has 0 radical (unpaired) electrons. The first-order valence-electron chi connectivity index (χ1n) is 6.87. The number of amides is 5. The Hall–Kier alpha value is -3.18. The number of carbonyl (C=O) groups excluding carboxylic acids is 4. The highest BCUT2D eigenvalue weighted by Crippen LogP contribution is 2.18. The van der Waals surface area contributed by atoms with Crippen molar-refractivity contribution >= 4 is 29.6 Å². The number of carbonyl (C=O) groups is 4. The van der Waals surface area contributed by atoms with Gasteiger partial charge in [0.2, 0.25) is 11.8 Å². The summed E-state index contributed by atoms with van der Waals surface area (Å²) >= 11 is 0. The van der Waals surface area contributed by atoms with Crippen molar-refractivity contribution < 1.29 is 29.1 Å². The first kappa shape index (κ1) is 15.7. The van der Waals surface area contributed by atoms with Gasteiger partial charge in [-0.25, -0.2) is 9.59 Å². The van der Waals surface area contributed by atoms with Crippen LogP contribution in [0.2, 0.25) is 0 Å². The van der Waals surface area contributed by atoms with Gasteiger partial charge in [-0.15, -0.1) is 5.48 Å². The molecule has 24 heavy (non-hydrogen) atoms. The summed E-state index contributed by atoms with van der Waals surface area (Å²) in [6.45, 7) is 0. The molecule has 3 unspecified atom stereocenters. The molecule has 0 saturated carbocycles. The SMILES string of the molecule is O=C1NC(=O)C(C(=O)Nc2ccc(C3NOC(=O)N3)cc2)C(O)N1. The zero-order valence-electron chi connectivity index (χ0n) is 12.0. The summed E-state index contributed by atoms with van der Waals surface area (Å²) in [5, 5.41) is 18.6. The lowest BCUT2D eigenvalue weighted by molar-refractivity contribution is -0.138. The number of hydroxylamine groups is 1. The van der Waals surface area contributed by atoms with Gasteiger partial charge in [-0.3, -0.25) is 20.2 Å². The molecule has 0 spiro atoms. The van der Waals surface area contributed by atoms with E-state index < -0.39 is 42.3 Å². The first-order chi connectivity index (χ1) is 11.4. The van der Waals surface area contributed by atoms with Gasteiger partial charge in [0.15, 0.2) is 5.92 Å². The van der Waals surface area contributed by atoms with Crippen LogP contribution in [0.4, 0.5) is 15.3 Å². The van der Waals surface area contributed by atoms with E-state index in [0.29, 0.717) is 11.3 Å². The van der Waals surface area contributed by atoms with E-state index in [1.54, 1.807) is 24.3 Å². The van der Waals surface area contributed by atoms with Crippen molar-refractivity contribution in [2.75, 3.05) is 5.32 Å². The average molecular weight is 335 g/mol. The molecule has 2 fully saturated rings. The molecule has 126 valence electrons. The number of urea groups is 1. The quantitative estimate of drug-likeness (QED) is 0.372. The number of hydrogen-bond donors (Lipinski definition) is 6. The first-order valence-corrected chi connectivity index (χ1v) is 6.87. The number of anilines is 1. The van der Waals surface area contributed by atoms with Gasteiger partial charge in [-0.2, -0.15) is 0 Å². The number of aliphatic hydroxyl groups excluding tert-OH is 1. The summed E-state index contributed by atoms with van der Waals surface area (Å²) in [7, 11) is 0. The van der Waals surface area contributed by atoms with Crippen LogP contribution in [0.1, 0.15) is 11.7 Å². The van der Waals surface area contributed by atoms with E-state index >= 15 is 0 Å². The minimum Gasteiger partial charge on any atom is -0.372 e. The van der Waals surface area contributed by atoms with Crippen LogP contribution >= 0.6 is 0 Å². The summed E-state index contributed by atoms with van der Waals surface area (Å²) in [5.41, 5.74) is 3.52. The van der Waals surface area contributed by atoms with Crippen LogP contribution in [0.25, 0.3) is 0 Å². The van der Waals surface area contributed by atoms with Gasteiger partial charge in [-0.05, 0) is 17.7 Å². The monoisotopic (exact) mass is 335 g/mol. The predicted octanol–water partition coefficient (Wildman–Crippen LogP) is -1.36. The van der Waals surface area contributed by atoms with Crippen LogP contribution in [0.3, 0.4) is 0 Å². The van der Waals surface area contributed by atoms with Crippen molar-refractivity contribution in [2.24, 2.45) is 5.92 Å². The van der Waals surface area contributed by atoms with E-state index in [2.05, 4.69) is 21.0 Å². The maximum Gasteiger partial charge on any atom is 0.427 e. The highest BCUT2D eigenvalue weighted by Gasteiger charge is 2.39. The average Bonchev–Trinajstić information content (AvgIpc) is 2.93. The van der Waals surface area contributed by atoms with E-state index in [1.165, 1.54) is 0 Å². The second kappa shape index (κ2) is 6.14. The normalized spacial score (nSPS) is 26.0. The van der Waals surface area contributed by atoms with E-state index in [0.717, 1.165) is 0 Å². The lowest BCUT2D eigenvalue weighted by Crippen LogP contribution is -2.61. The third kappa shape index (κ3) is 3.11. The Morgan fingerprint density at radius 2 is 1.83 bits per heavy atom. The number of hydrogen-bond acceptors (Lipinski definition) is 7. The second-order valence-electron chi connectivity index (χ2n) is 5.08. The fourth-order valence-electron chi connectivity index (χ4n) is 2.27. The molecular weight excluding hydrogens is 322 g/mol. The van der Waals surface area contributed by atoms with Crippen LogP contribution in [0.15, 0.2) is 24.3 Å². The molecule has 11 heteroatoms. The molecule has 2 aliphatic rings. The van der Waals surface area contributed by atoms with Gasteiger partial charge in [0, 0.05) is 5.69 Å². The fraction of sp³-hybridized carbons (Fsp3) is 0.231. The fourth-order valence-corrected chi connectivity index (χ4v) is 2.27.